The maximum absolute atomic E-state index is 13.5. The molecule has 2 aromatic rings. The van der Waals surface area contributed by atoms with Crippen LogP contribution >= 0.6 is 0 Å². The predicted molar refractivity (Wildman–Crippen MR) is 74.8 cm³/mol. The lowest BCUT2D eigenvalue weighted by atomic mass is 10.1. The van der Waals surface area contributed by atoms with Crippen LogP contribution in [-0.2, 0) is 0 Å². The van der Waals surface area contributed by atoms with Crippen LogP contribution in [0.1, 0.15) is 17.2 Å². The summed E-state index contributed by atoms with van der Waals surface area (Å²) in [6, 6.07) is 11.8. The second kappa shape index (κ2) is 6.48. The average molecular weight is 277 g/mol. The van der Waals surface area contributed by atoms with E-state index in [1.165, 1.54) is 17.7 Å². The first-order valence-corrected chi connectivity index (χ1v) is 6.42. The number of hydrogen-bond donors (Lipinski definition) is 1. The van der Waals surface area contributed by atoms with E-state index in [0.29, 0.717) is 0 Å². The van der Waals surface area contributed by atoms with E-state index in [0.717, 1.165) is 11.6 Å². The highest BCUT2D eigenvalue weighted by Gasteiger charge is 2.13. The number of hydrogen-bond acceptors (Lipinski definition) is 2. The molecular formula is C16H17F2NO. The molecule has 0 aliphatic carbocycles. The molecule has 2 nitrogen and oxygen atoms in total. The third-order valence-corrected chi connectivity index (χ3v) is 3.15. The third-order valence-electron chi connectivity index (χ3n) is 3.15. The lowest BCUT2D eigenvalue weighted by molar-refractivity contribution is 0.258. The van der Waals surface area contributed by atoms with Gasteiger partial charge in [0.25, 0.3) is 0 Å². The van der Waals surface area contributed by atoms with Crippen molar-refractivity contribution in [2.75, 3.05) is 13.7 Å². The Hall–Kier alpha value is -1.94. The molecule has 0 spiro atoms. The molecule has 4 heteroatoms. The molecule has 1 N–H and O–H groups in total. The molecule has 0 amide bonds. The van der Waals surface area contributed by atoms with Gasteiger partial charge in [0.05, 0.1) is 6.04 Å². The van der Waals surface area contributed by atoms with Gasteiger partial charge in [0.2, 0.25) is 5.82 Å². The van der Waals surface area contributed by atoms with E-state index in [1.54, 1.807) is 7.05 Å². The van der Waals surface area contributed by atoms with Gasteiger partial charge >= 0.3 is 0 Å². The monoisotopic (exact) mass is 277 g/mol. The first kappa shape index (κ1) is 14.5. The minimum atomic E-state index is -0.953. The van der Waals surface area contributed by atoms with Gasteiger partial charge in [-0.05, 0) is 31.7 Å². The molecule has 0 aliphatic heterocycles. The van der Waals surface area contributed by atoms with Gasteiger partial charge in [0.15, 0.2) is 11.6 Å². The van der Waals surface area contributed by atoms with E-state index in [1.807, 2.05) is 31.2 Å². The second-order valence-corrected chi connectivity index (χ2v) is 4.61. The molecule has 0 fully saturated rings. The molecule has 0 saturated heterocycles. The molecule has 106 valence electrons. The van der Waals surface area contributed by atoms with Crippen LogP contribution in [0.4, 0.5) is 8.78 Å². The van der Waals surface area contributed by atoms with Crippen LogP contribution in [0, 0.1) is 18.6 Å². The molecule has 0 heterocycles. The molecule has 2 aromatic carbocycles. The Morgan fingerprint density at radius 2 is 1.80 bits per heavy atom. The molecule has 2 rings (SSSR count). The van der Waals surface area contributed by atoms with Gasteiger partial charge in [0, 0.05) is 0 Å². The summed E-state index contributed by atoms with van der Waals surface area (Å²) in [7, 11) is 1.80. The molecule has 0 aliphatic rings. The van der Waals surface area contributed by atoms with Crippen molar-refractivity contribution in [3.63, 3.8) is 0 Å². The number of ether oxygens (including phenoxy) is 1. The summed E-state index contributed by atoms with van der Waals surface area (Å²) in [5, 5.41) is 3.10. The van der Waals surface area contributed by atoms with Gasteiger partial charge in [-0.1, -0.05) is 35.9 Å². The SMILES string of the molecule is CNC(COc1cccc(F)c1F)c1ccc(C)cc1. The Bertz CT molecular complexity index is 569. The van der Waals surface area contributed by atoms with E-state index < -0.39 is 11.6 Å². The summed E-state index contributed by atoms with van der Waals surface area (Å²) >= 11 is 0. The Labute approximate surface area is 117 Å². The van der Waals surface area contributed by atoms with Crippen molar-refractivity contribution >= 4 is 0 Å². The van der Waals surface area contributed by atoms with Crippen LogP contribution in [0.3, 0.4) is 0 Å². The van der Waals surface area contributed by atoms with Crippen molar-refractivity contribution in [2.24, 2.45) is 0 Å². The van der Waals surface area contributed by atoms with Crippen LogP contribution in [0.25, 0.3) is 0 Å². The zero-order valence-electron chi connectivity index (χ0n) is 11.5. The first-order valence-electron chi connectivity index (χ1n) is 6.42. The van der Waals surface area contributed by atoms with E-state index >= 15 is 0 Å². The van der Waals surface area contributed by atoms with Gasteiger partial charge in [-0.2, -0.15) is 4.39 Å². The molecule has 1 atom stereocenters. The fourth-order valence-corrected chi connectivity index (χ4v) is 1.91. The van der Waals surface area contributed by atoms with Gasteiger partial charge in [-0.25, -0.2) is 4.39 Å². The Morgan fingerprint density at radius 3 is 2.45 bits per heavy atom. The normalized spacial score (nSPS) is 12.2. The van der Waals surface area contributed by atoms with Crippen molar-refractivity contribution in [3.8, 4) is 5.75 Å². The largest absolute Gasteiger partial charge is 0.488 e. The highest BCUT2D eigenvalue weighted by atomic mass is 19.2. The molecule has 0 aromatic heterocycles. The minimum Gasteiger partial charge on any atom is -0.488 e. The summed E-state index contributed by atoms with van der Waals surface area (Å²) in [6.45, 7) is 2.23. The lowest BCUT2D eigenvalue weighted by Gasteiger charge is -2.18. The Morgan fingerprint density at radius 1 is 1.10 bits per heavy atom. The minimum absolute atomic E-state index is 0.0719. The quantitative estimate of drug-likeness (QED) is 0.901. The van der Waals surface area contributed by atoms with E-state index in [2.05, 4.69) is 5.32 Å². The fraction of sp³-hybridized carbons (Fsp3) is 0.250. The van der Waals surface area contributed by atoms with Crippen molar-refractivity contribution in [1.82, 2.24) is 5.32 Å². The number of rotatable bonds is 5. The van der Waals surface area contributed by atoms with Crippen molar-refractivity contribution < 1.29 is 13.5 Å². The zero-order chi connectivity index (χ0) is 14.5. The van der Waals surface area contributed by atoms with Gasteiger partial charge in [-0.3, -0.25) is 0 Å². The van der Waals surface area contributed by atoms with Gasteiger partial charge < -0.3 is 10.1 Å². The second-order valence-electron chi connectivity index (χ2n) is 4.61. The van der Waals surface area contributed by atoms with E-state index in [9.17, 15) is 8.78 Å². The van der Waals surface area contributed by atoms with Gasteiger partial charge in [-0.15, -0.1) is 0 Å². The van der Waals surface area contributed by atoms with Crippen molar-refractivity contribution in [1.29, 1.82) is 0 Å². The lowest BCUT2D eigenvalue weighted by Crippen LogP contribution is -2.23. The third kappa shape index (κ3) is 3.33. The van der Waals surface area contributed by atoms with Crippen LogP contribution < -0.4 is 10.1 Å². The van der Waals surface area contributed by atoms with Crippen LogP contribution in [-0.4, -0.2) is 13.7 Å². The molecule has 0 radical (unpaired) electrons. The Balaban J connectivity index is 2.07. The number of aryl methyl sites for hydroxylation is 1. The highest BCUT2D eigenvalue weighted by Crippen LogP contribution is 2.21. The van der Waals surface area contributed by atoms with E-state index in [4.69, 9.17) is 4.74 Å². The van der Waals surface area contributed by atoms with Crippen LogP contribution in [0.2, 0.25) is 0 Å². The molecule has 20 heavy (non-hydrogen) atoms. The van der Waals surface area contributed by atoms with Crippen molar-refractivity contribution in [2.45, 2.75) is 13.0 Å². The molecule has 0 bridgehead atoms. The summed E-state index contributed by atoms with van der Waals surface area (Å²) in [5.74, 6) is -1.93. The predicted octanol–water partition coefficient (Wildman–Crippen LogP) is 3.61. The number of nitrogens with one attached hydrogen (secondary N) is 1. The average Bonchev–Trinajstić information content (AvgIpc) is 2.45. The maximum Gasteiger partial charge on any atom is 0.200 e. The zero-order valence-corrected chi connectivity index (χ0v) is 11.5. The summed E-state index contributed by atoms with van der Waals surface area (Å²) < 4.78 is 32.0. The summed E-state index contributed by atoms with van der Waals surface area (Å²) in [4.78, 5) is 0. The van der Waals surface area contributed by atoms with Crippen molar-refractivity contribution in [3.05, 3.63) is 65.2 Å². The number of halogens is 2. The summed E-state index contributed by atoms with van der Waals surface area (Å²) in [5.41, 5.74) is 2.20. The standard InChI is InChI=1S/C16H17F2NO/c1-11-6-8-12(9-7-11)14(19-2)10-20-15-5-3-4-13(17)16(15)18/h3-9,14,19H,10H2,1-2H3. The molecule has 1 unspecified atom stereocenters. The van der Waals surface area contributed by atoms with Crippen LogP contribution in [0.15, 0.2) is 42.5 Å². The topological polar surface area (TPSA) is 21.3 Å². The van der Waals surface area contributed by atoms with Gasteiger partial charge in [0.1, 0.15) is 6.61 Å². The fourth-order valence-electron chi connectivity index (χ4n) is 1.91. The first-order chi connectivity index (χ1) is 9.61. The van der Waals surface area contributed by atoms with Crippen LogP contribution in [0.5, 0.6) is 5.75 Å². The molecular weight excluding hydrogens is 260 g/mol. The number of benzene rings is 2. The highest BCUT2D eigenvalue weighted by molar-refractivity contribution is 5.27. The maximum atomic E-state index is 13.5. The Kier molecular flexibility index (Phi) is 4.69. The number of likely N-dealkylation sites (N-methyl/N-ethyl adjacent to an activating group) is 1. The van der Waals surface area contributed by atoms with E-state index in [-0.39, 0.29) is 18.4 Å². The molecule has 0 saturated carbocycles. The smallest absolute Gasteiger partial charge is 0.200 e. The summed E-state index contributed by atoms with van der Waals surface area (Å²) in [6.07, 6.45) is 0.